The Kier molecular flexibility index (Phi) is 5.10. The van der Waals surface area contributed by atoms with E-state index in [0.717, 1.165) is 24.0 Å². The summed E-state index contributed by atoms with van der Waals surface area (Å²) in [5, 5.41) is 40.1. The molecule has 8 aliphatic rings. The van der Waals surface area contributed by atoms with E-state index in [9.17, 15) is 25.2 Å². The molecule has 5 heterocycles. The van der Waals surface area contributed by atoms with E-state index in [1.807, 2.05) is 0 Å². The number of aliphatic hydroxyl groups excluding tert-OH is 4. The quantitative estimate of drug-likeness (QED) is 0.178. The third-order valence-electron chi connectivity index (χ3n) is 11.4. The molecule has 3 aliphatic carbocycles. The Morgan fingerprint density at radius 3 is 2.59 bits per heavy atom. The van der Waals surface area contributed by atoms with Crippen LogP contribution in [0.3, 0.4) is 0 Å². The van der Waals surface area contributed by atoms with Crippen molar-refractivity contribution in [2.24, 2.45) is 17.3 Å². The van der Waals surface area contributed by atoms with E-state index in [4.69, 9.17) is 33.2 Å². The Morgan fingerprint density at radius 1 is 1.05 bits per heavy atom. The van der Waals surface area contributed by atoms with Crippen molar-refractivity contribution in [1.29, 1.82) is 0 Å². The Hall–Kier alpha value is -1.19. The molecule has 12 heteroatoms. The van der Waals surface area contributed by atoms with E-state index in [0.29, 0.717) is 13.0 Å². The van der Waals surface area contributed by atoms with Crippen molar-refractivity contribution >= 4 is 5.97 Å². The first kappa shape index (κ1) is 25.5. The summed E-state index contributed by atoms with van der Waals surface area (Å²) in [7, 11) is 0. The molecule has 0 radical (unpaired) electrons. The zero-order valence-corrected chi connectivity index (χ0v) is 22.1. The summed E-state index contributed by atoms with van der Waals surface area (Å²) in [5.41, 5.74) is -0.414. The van der Waals surface area contributed by atoms with Crippen LogP contribution in [-0.4, -0.2) is 118 Å². The highest BCUT2D eigenvalue weighted by molar-refractivity contribution is 5.92. The molecule has 8 rings (SSSR count). The molecular formula is C27H36O12. The van der Waals surface area contributed by atoms with Crippen molar-refractivity contribution in [3.05, 3.63) is 11.1 Å². The van der Waals surface area contributed by atoms with Gasteiger partial charge < -0.3 is 53.6 Å². The van der Waals surface area contributed by atoms with Crippen LogP contribution >= 0.6 is 0 Å². The standard InChI is InChI=1S/C27H36O12/c1-10(2)25-19(38-25)20-27(39-20)24(3)5-4-11-12(8-33-21(11)32)13(24)6-15-26(27,37-15)23(25)35-9-34-22-18(31)17(30)16(29)14(7-28)36-22/h10,13-20,22-23,28-31H,4-9H2,1-3H3/t13-,14?,15-,16-,17?,18?,19-,20-,22-,23+,24-,25-,26+,27+/m0/s1. The average molecular weight is 553 g/mol. The molecule has 5 aliphatic heterocycles. The number of fused-ring (bicyclic) bond motifs is 4. The van der Waals surface area contributed by atoms with Gasteiger partial charge in [-0.25, -0.2) is 4.79 Å². The maximum Gasteiger partial charge on any atom is 0.334 e. The molecule has 0 aromatic rings. The zero-order valence-electron chi connectivity index (χ0n) is 22.1. The number of hydrogen-bond acceptors (Lipinski definition) is 12. The van der Waals surface area contributed by atoms with Crippen LogP contribution in [0.1, 0.15) is 40.0 Å². The maximum atomic E-state index is 12.4. The SMILES string of the molecule is CC(C)[C@]12O[C@H]1[C@@H]1O[C@]13[C@]1(O[C@H]1C[C@H]1C4=C(CC[C@@]13C)C(=O)OC4)[C@@H]2OCO[C@H]1OC(CO)[C@H](O)C(O)C1O. The number of epoxide rings is 3. The van der Waals surface area contributed by atoms with Crippen LogP contribution in [0.15, 0.2) is 11.1 Å². The van der Waals surface area contributed by atoms with Crippen molar-refractivity contribution in [2.75, 3.05) is 20.0 Å². The van der Waals surface area contributed by atoms with Crippen molar-refractivity contribution < 1.29 is 58.4 Å². The average Bonchev–Trinajstić information content (AvgIpc) is 3.82. The predicted molar refractivity (Wildman–Crippen MR) is 126 cm³/mol. The molecule has 3 unspecified atom stereocenters. The lowest BCUT2D eigenvalue weighted by molar-refractivity contribution is -0.323. The minimum atomic E-state index is -1.54. The van der Waals surface area contributed by atoms with E-state index < -0.39 is 60.2 Å². The molecule has 4 N–H and O–H groups in total. The predicted octanol–water partition coefficient (Wildman–Crippen LogP) is -1.10. The number of hydrogen-bond donors (Lipinski definition) is 4. The minimum Gasteiger partial charge on any atom is -0.458 e. The van der Waals surface area contributed by atoms with E-state index in [2.05, 4.69) is 20.8 Å². The van der Waals surface area contributed by atoms with Crippen LogP contribution < -0.4 is 0 Å². The summed E-state index contributed by atoms with van der Waals surface area (Å²) in [4.78, 5) is 12.4. The smallest absolute Gasteiger partial charge is 0.334 e. The molecule has 0 aromatic heterocycles. The molecule has 0 amide bonds. The third kappa shape index (κ3) is 2.77. The van der Waals surface area contributed by atoms with Gasteiger partial charge in [-0.3, -0.25) is 0 Å². The molecule has 2 saturated carbocycles. The monoisotopic (exact) mass is 552 g/mol. The largest absolute Gasteiger partial charge is 0.458 e. The van der Waals surface area contributed by atoms with Gasteiger partial charge in [-0.1, -0.05) is 20.8 Å². The zero-order chi connectivity index (χ0) is 27.3. The second-order valence-corrected chi connectivity index (χ2v) is 13.0. The first-order chi connectivity index (χ1) is 18.6. The van der Waals surface area contributed by atoms with Crippen LogP contribution in [0.4, 0.5) is 0 Å². The van der Waals surface area contributed by atoms with E-state index in [1.54, 1.807) is 0 Å². The van der Waals surface area contributed by atoms with Gasteiger partial charge in [-0.15, -0.1) is 0 Å². The highest BCUT2D eigenvalue weighted by Crippen LogP contribution is 2.83. The van der Waals surface area contributed by atoms with Gasteiger partial charge in [-0.2, -0.15) is 0 Å². The van der Waals surface area contributed by atoms with Gasteiger partial charge in [0.2, 0.25) is 0 Å². The van der Waals surface area contributed by atoms with E-state index in [1.165, 1.54) is 0 Å². The Bertz CT molecular complexity index is 1140. The van der Waals surface area contributed by atoms with Gasteiger partial charge >= 0.3 is 5.97 Å². The van der Waals surface area contributed by atoms with Crippen molar-refractivity contribution in [3.8, 4) is 0 Å². The first-order valence-electron chi connectivity index (χ1n) is 14.0. The van der Waals surface area contributed by atoms with Gasteiger partial charge in [0, 0.05) is 11.0 Å². The van der Waals surface area contributed by atoms with Crippen LogP contribution in [0.5, 0.6) is 0 Å². The molecular weight excluding hydrogens is 516 g/mol. The van der Waals surface area contributed by atoms with Crippen LogP contribution in [0.25, 0.3) is 0 Å². The summed E-state index contributed by atoms with van der Waals surface area (Å²) < 4.78 is 43.0. The van der Waals surface area contributed by atoms with Gasteiger partial charge in [0.05, 0.1) is 12.7 Å². The lowest BCUT2D eigenvalue weighted by Crippen LogP contribution is -2.69. The molecule has 14 atom stereocenters. The second kappa shape index (κ2) is 7.80. The van der Waals surface area contributed by atoms with Crippen molar-refractivity contribution in [3.63, 3.8) is 0 Å². The fraction of sp³-hybridized carbons (Fsp3) is 0.889. The summed E-state index contributed by atoms with van der Waals surface area (Å²) >= 11 is 0. The summed E-state index contributed by atoms with van der Waals surface area (Å²) in [6.07, 6.45) is -5.76. The molecule has 216 valence electrons. The Balaban J connectivity index is 1.09. The number of aliphatic hydroxyl groups is 4. The molecule has 0 aromatic carbocycles. The van der Waals surface area contributed by atoms with Gasteiger partial charge in [0.25, 0.3) is 0 Å². The van der Waals surface area contributed by atoms with E-state index in [-0.39, 0.29) is 48.3 Å². The molecule has 2 spiro atoms. The number of rotatable bonds is 6. The number of carbonyl (C=O) groups is 1. The highest BCUT2D eigenvalue weighted by Gasteiger charge is 3.00. The minimum absolute atomic E-state index is 0.0910. The molecule has 0 bridgehead atoms. The normalized spacial score (nSPS) is 58.0. The number of ether oxygens (including phenoxy) is 7. The van der Waals surface area contributed by atoms with Gasteiger partial charge in [0.1, 0.15) is 60.5 Å². The Morgan fingerprint density at radius 2 is 1.85 bits per heavy atom. The van der Waals surface area contributed by atoms with Crippen molar-refractivity contribution in [2.45, 2.75) is 112 Å². The van der Waals surface area contributed by atoms with Crippen LogP contribution in [0.2, 0.25) is 0 Å². The molecule has 12 nitrogen and oxygen atoms in total. The van der Waals surface area contributed by atoms with Gasteiger partial charge in [-0.05, 0) is 36.7 Å². The van der Waals surface area contributed by atoms with Crippen molar-refractivity contribution in [1.82, 2.24) is 0 Å². The lowest BCUT2D eigenvalue weighted by atomic mass is 9.46. The fourth-order valence-corrected chi connectivity index (χ4v) is 9.30. The summed E-state index contributed by atoms with van der Waals surface area (Å²) in [6, 6.07) is 0. The first-order valence-corrected chi connectivity index (χ1v) is 14.0. The second-order valence-electron chi connectivity index (χ2n) is 13.0. The molecule has 39 heavy (non-hydrogen) atoms. The van der Waals surface area contributed by atoms with Crippen LogP contribution in [-0.2, 0) is 38.0 Å². The van der Waals surface area contributed by atoms with Gasteiger partial charge in [0.15, 0.2) is 18.7 Å². The third-order valence-corrected chi connectivity index (χ3v) is 11.4. The maximum absolute atomic E-state index is 12.4. The molecule has 6 fully saturated rings. The topological polar surface area (TPSA) is 172 Å². The summed E-state index contributed by atoms with van der Waals surface area (Å²) in [6.45, 7) is 5.91. The fourth-order valence-electron chi connectivity index (χ4n) is 9.30. The van der Waals surface area contributed by atoms with E-state index >= 15 is 0 Å². The highest BCUT2D eigenvalue weighted by atomic mass is 16.8. The summed E-state index contributed by atoms with van der Waals surface area (Å²) in [5.74, 6) is -0.00575. The Labute approximate surface area is 225 Å². The molecule has 4 saturated heterocycles. The number of cyclic esters (lactones) is 1. The lowest BCUT2D eigenvalue weighted by Gasteiger charge is -2.54. The van der Waals surface area contributed by atoms with Crippen LogP contribution in [0, 0.1) is 17.3 Å². The number of esters is 1. The number of carbonyl (C=O) groups excluding carboxylic acids is 1.